The van der Waals surface area contributed by atoms with E-state index in [9.17, 15) is 29.6 Å². The summed E-state index contributed by atoms with van der Waals surface area (Å²) in [7, 11) is 1.13. The van der Waals surface area contributed by atoms with E-state index in [1.54, 1.807) is 0 Å². The summed E-state index contributed by atoms with van der Waals surface area (Å²) in [6, 6.07) is 4.19. The molecule has 1 aromatic carbocycles. The van der Waals surface area contributed by atoms with Crippen molar-refractivity contribution >= 4 is 23.3 Å². The Balaban J connectivity index is 2.56. The van der Waals surface area contributed by atoms with E-state index in [0.29, 0.717) is 0 Å². The van der Waals surface area contributed by atoms with Crippen LogP contribution in [-0.4, -0.2) is 46.2 Å². The number of carbonyl (C=O) groups excluding carboxylic acids is 3. The number of aliphatic hydroxyl groups is 1. The number of ketones is 1. The van der Waals surface area contributed by atoms with Crippen LogP contribution >= 0.6 is 0 Å². The van der Waals surface area contributed by atoms with Gasteiger partial charge in [0.05, 0.1) is 23.6 Å². The van der Waals surface area contributed by atoms with Gasteiger partial charge in [0.15, 0.2) is 11.5 Å². The summed E-state index contributed by atoms with van der Waals surface area (Å²) in [6.45, 7) is 0.647. The topological polar surface area (TPSA) is 127 Å². The zero-order valence-electron chi connectivity index (χ0n) is 12.9. The summed E-state index contributed by atoms with van der Waals surface area (Å²) >= 11 is 0. The summed E-state index contributed by atoms with van der Waals surface area (Å²) in [4.78, 5) is 46.9. The van der Waals surface area contributed by atoms with Gasteiger partial charge in [-0.15, -0.1) is 0 Å². The molecule has 0 radical (unpaired) electrons. The van der Waals surface area contributed by atoms with Crippen molar-refractivity contribution in [1.82, 2.24) is 4.90 Å². The first-order chi connectivity index (χ1) is 11.3. The molecule has 0 bridgehead atoms. The van der Waals surface area contributed by atoms with E-state index in [2.05, 4.69) is 4.74 Å². The highest BCUT2D eigenvalue weighted by Crippen LogP contribution is 2.38. The van der Waals surface area contributed by atoms with Crippen LogP contribution in [0.15, 0.2) is 35.6 Å². The number of carbonyl (C=O) groups is 3. The number of Topliss-reactive ketones (excluding diaryl/α,β-unsaturated/α-hetero) is 1. The normalized spacial score (nSPS) is 17.2. The molecule has 0 spiro atoms. The van der Waals surface area contributed by atoms with E-state index in [-0.39, 0.29) is 16.8 Å². The van der Waals surface area contributed by atoms with Crippen molar-refractivity contribution in [1.29, 1.82) is 0 Å². The van der Waals surface area contributed by atoms with Gasteiger partial charge < -0.3 is 14.7 Å². The highest BCUT2D eigenvalue weighted by Gasteiger charge is 2.43. The minimum absolute atomic E-state index is 0.218. The fourth-order valence-corrected chi connectivity index (χ4v) is 2.53. The Hall–Kier alpha value is -3.23. The number of aliphatic hydroxyl groups excluding tert-OH is 1. The van der Waals surface area contributed by atoms with Crippen LogP contribution in [0.1, 0.15) is 18.5 Å². The molecule has 126 valence electrons. The minimum atomic E-state index is -1.10. The van der Waals surface area contributed by atoms with Crippen molar-refractivity contribution in [2.45, 2.75) is 13.0 Å². The quantitative estimate of drug-likeness (QED) is 0.484. The van der Waals surface area contributed by atoms with Crippen LogP contribution < -0.4 is 0 Å². The Morgan fingerprint density at radius 2 is 2.08 bits per heavy atom. The van der Waals surface area contributed by atoms with Crippen molar-refractivity contribution in [2.24, 2.45) is 0 Å². The molecular formula is C15H14N2O7. The molecule has 0 saturated carbocycles. The second-order valence-corrected chi connectivity index (χ2v) is 5.08. The summed E-state index contributed by atoms with van der Waals surface area (Å²) in [6.07, 6.45) is 0. The molecule has 1 unspecified atom stereocenters. The van der Waals surface area contributed by atoms with E-state index in [4.69, 9.17) is 0 Å². The monoisotopic (exact) mass is 334 g/mol. The number of ether oxygens (including phenoxy) is 1. The van der Waals surface area contributed by atoms with Gasteiger partial charge in [0.1, 0.15) is 6.54 Å². The molecule has 1 aliphatic heterocycles. The predicted molar refractivity (Wildman–Crippen MR) is 79.9 cm³/mol. The number of rotatable bonds is 5. The molecular weight excluding hydrogens is 320 g/mol. The second kappa shape index (κ2) is 6.49. The van der Waals surface area contributed by atoms with Gasteiger partial charge in [0, 0.05) is 12.1 Å². The lowest BCUT2D eigenvalue weighted by Crippen LogP contribution is -2.36. The van der Waals surface area contributed by atoms with Crippen LogP contribution in [0.5, 0.6) is 0 Å². The lowest BCUT2D eigenvalue weighted by Gasteiger charge is -2.25. The van der Waals surface area contributed by atoms with Gasteiger partial charge in [-0.2, -0.15) is 0 Å². The van der Waals surface area contributed by atoms with Crippen LogP contribution in [0.2, 0.25) is 0 Å². The lowest BCUT2D eigenvalue weighted by atomic mass is 9.96. The third-order valence-electron chi connectivity index (χ3n) is 3.61. The smallest absolute Gasteiger partial charge is 0.325 e. The van der Waals surface area contributed by atoms with Crippen molar-refractivity contribution < 1.29 is 29.2 Å². The van der Waals surface area contributed by atoms with Gasteiger partial charge in [-0.25, -0.2) is 0 Å². The molecule has 0 fully saturated rings. The van der Waals surface area contributed by atoms with E-state index < -0.39 is 40.9 Å². The standard InChI is InChI=1S/C15H14N2O7/c1-8(18)12-13(9-4-3-5-10(6-9)17(22)23)16(7-11(19)24-2)15(21)14(12)20/h3-6,13,20H,7H2,1-2H3. The largest absolute Gasteiger partial charge is 0.503 e. The molecule has 1 atom stereocenters. The zero-order valence-corrected chi connectivity index (χ0v) is 12.9. The summed E-state index contributed by atoms with van der Waals surface area (Å²) < 4.78 is 4.51. The molecule has 1 N–H and O–H groups in total. The minimum Gasteiger partial charge on any atom is -0.503 e. The van der Waals surface area contributed by atoms with Gasteiger partial charge in [-0.05, 0) is 12.5 Å². The first-order valence-electron chi connectivity index (χ1n) is 6.84. The van der Waals surface area contributed by atoms with Gasteiger partial charge in [-0.1, -0.05) is 12.1 Å². The van der Waals surface area contributed by atoms with Gasteiger partial charge in [0.25, 0.3) is 11.6 Å². The van der Waals surface area contributed by atoms with E-state index in [1.807, 2.05) is 0 Å². The maximum Gasteiger partial charge on any atom is 0.325 e. The maximum atomic E-state index is 12.2. The SMILES string of the molecule is COC(=O)CN1C(=O)C(O)=C(C(C)=O)C1c1cccc([N+](=O)[O-])c1. The molecule has 24 heavy (non-hydrogen) atoms. The average molecular weight is 334 g/mol. The molecule has 9 nitrogen and oxygen atoms in total. The molecule has 9 heteroatoms. The molecule has 0 aromatic heterocycles. The van der Waals surface area contributed by atoms with Gasteiger partial charge >= 0.3 is 5.97 Å². The molecule has 0 saturated heterocycles. The fourth-order valence-electron chi connectivity index (χ4n) is 2.53. The Morgan fingerprint density at radius 3 is 2.62 bits per heavy atom. The van der Waals surface area contributed by atoms with E-state index >= 15 is 0 Å². The number of hydrogen-bond acceptors (Lipinski definition) is 7. The number of non-ortho nitro benzene ring substituents is 1. The van der Waals surface area contributed by atoms with Crippen molar-refractivity contribution in [3.63, 3.8) is 0 Å². The predicted octanol–water partition coefficient (Wildman–Crippen LogP) is 1.05. The third-order valence-corrected chi connectivity index (χ3v) is 3.61. The van der Waals surface area contributed by atoms with Crippen molar-refractivity contribution in [2.75, 3.05) is 13.7 Å². The Labute approximate surface area is 136 Å². The van der Waals surface area contributed by atoms with E-state index in [1.165, 1.54) is 24.3 Å². The van der Waals surface area contributed by atoms with E-state index in [0.717, 1.165) is 18.9 Å². The Morgan fingerprint density at radius 1 is 1.42 bits per heavy atom. The Bertz CT molecular complexity index is 769. The number of nitro benzene ring substituents is 1. The van der Waals surface area contributed by atoms with Crippen molar-refractivity contribution in [3.8, 4) is 0 Å². The summed E-state index contributed by atoms with van der Waals surface area (Å²) in [5.41, 5.74) is -0.229. The number of esters is 1. The molecule has 2 rings (SSSR count). The number of benzene rings is 1. The fraction of sp³-hybridized carbons (Fsp3) is 0.267. The molecule has 1 aromatic rings. The number of methoxy groups -OCH3 is 1. The zero-order chi connectivity index (χ0) is 18.0. The highest BCUT2D eigenvalue weighted by molar-refractivity contribution is 6.08. The van der Waals surface area contributed by atoms with Gasteiger partial charge in [0.2, 0.25) is 0 Å². The van der Waals surface area contributed by atoms with Gasteiger partial charge in [-0.3, -0.25) is 24.5 Å². The first-order valence-corrected chi connectivity index (χ1v) is 6.84. The Kier molecular flexibility index (Phi) is 4.63. The first kappa shape index (κ1) is 17.1. The molecule has 1 heterocycles. The summed E-state index contributed by atoms with van der Waals surface area (Å²) in [5, 5.41) is 20.9. The maximum absolute atomic E-state index is 12.2. The summed E-state index contributed by atoms with van der Waals surface area (Å²) in [5.74, 6) is -3.02. The molecule has 1 amide bonds. The van der Waals surface area contributed by atoms with Crippen LogP contribution in [0, 0.1) is 10.1 Å². The van der Waals surface area contributed by atoms with Crippen LogP contribution in [0.3, 0.4) is 0 Å². The number of nitro groups is 1. The number of amides is 1. The second-order valence-electron chi connectivity index (χ2n) is 5.08. The van der Waals surface area contributed by atoms with Crippen LogP contribution in [0.25, 0.3) is 0 Å². The average Bonchev–Trinajstić information content (AvgIpc) is 2.79. The number of nitrogens with zero attached hydrogens (tertiary/aromatic N) is 2. The van der Waals surface area contributed by atoms with Crippen molar-refractivity contribution in [3.05, 3.63) is 51.3 Å². The lowest BCUT2D eigenvalue weighted by molar-refractivity contribution is -0.384. The number of hydrogen-bond donors (Lipinski definition) is 1. The van der Waals surface area contributed by atoms with Crippen LogP contribution in [-0.2, 0) is 19.1 Å². The molecule has 0 aliphatic carbocycles. The third kappa shape index (κ3) is 2.96. The highest BCUT2D eigenvalue weighted by atomic mass is 16.6. The van der Waals surface area contributed by atoms with Crippen LogP contribution in [0.4, 0.5) is 5.69 Å². The molecule has 1 aliphatic rings.